The van der Waals surface area contributed by atoms with E-state index in [9.17, 15) is 9.59 Å². The molecule has 0 N–H and O–H groups in total. The molecule has 3 rings (SSSR count). The SMILES string of the molecule is COCOc1ccc(-c2nc(OC)nc(-c3cc(CN(C(=O)OC(C)(C)C)C(=O)OC(C)(C)C)ccc3Cl)n2)cc1. The Kier molecular flexibility index (Phi) is 10.1. The first kappa shape index (κ1) is 31.6. The van der Waals surface area contributed by atoms with Crippen molar-refractivity contribution in [3.05, 3.63) is 53.1 Å². The summed E-state index contributed by atoms with van der Waals surface area (Å²) in [5.41, 5.74) is 0.0364. The van der Waals surface area contributed by atoms with Crippen LogP contribution in [0.1, 0.15) is 47.1 Å². The zero-order valence-electron chi connectivity index (χ0n) is 24.5. The third kappa shape index (κ3) is 9.29. The number of carbonyl (C=O) groups is 2. The van der Waals surface area contributed by atoms with Crippen LogP contribution in [0.25, 0.3) is 22.8 Å². The molecule has 0 saturated carbocycles. The summed E-state index contributed by atoms with van der Waals surface area (Å²) in [7, 11) is 2.99. The number of nitrogens with zero attached hydrogens (tertiary/aromatic N) is 4. The fraction of sp³-hybridized carbons (Fsp3) is 0.414. The van der Waals surface area contributed by atoms with Gasteiger partial charge in [0.1, 0.15) is 17.0 Å². The van der Waals surface area contributed by atoms with Crippen molar-refractivity contribution >= 4 is 23.8 Å². The fourth-order valence-electron chi connectivity index (χ4n) is 3.39. The van der Waals surface area contributed by atoms with Crippen molar-refractivity contribution in [3.8, 4) is 34.5 Å². The standard InChI is InChI=1S/C29H35ClN4O7/c1-28(2,3)40-26(35)34(27(36)41-29(4,5)6)16-18-9-14-22(30)21(15-18)24-31-23(32-25(33-24)38-8)19-10-12-20(13-11-19)39-17-37-7/h9-15H,16-17H2,1-8H3. The number of carbonyl (C=O) groups excluding carboxylic acids is 2. The summed E-state index contributed by atoms with van der Waals surface area (Å²) in [5, 5.41) is 0.345. The van der Waals surface area contributed by atoms with Gasteiger partial charge in [0.2, 0.25) is 0 Å². The molecule has 2 aromatic carbocycles. The van der Waals surface area contributed by atoms with E-state index in [1.165, 1.54) is 7.11 Å². The van der Waals surface area contributed by atoms with Crippen molar-refractivity contribution in [2.75, 3.05) is 21.0 Å². The molecule has 0 bridgehead atoms. The van der Waals surface area contributed by atoms with Crippen LogP contribution in [-0.2, 0) is 20.8 Å². The lowest BCUT2D eigenvalue weighted by atomic mass is 10.1. The summed E-state index contributed by atoms with van der Waals surface area (Å²) in [5.74, 6) is 1.20. The molecule has 0 atom stereocenters. The number of amides is 2. The van der Waals surface area contributed by atoms with E-state index in [1.807, 2.05) is 0 Å². The van der Waals surface area contributed by atoms with Gasteiger partial charge in [-0.2, -0.15) is 9.97 Å². The predicted octanol–water partition coefficient (Wildman–Crippen LogP) is 6.52. The van der Waals surface area contributed by atoms with Crippen LogP contribution in [0.3, 0.4) is 0 Å². The Labute approximate surface area is 244 Å². The lowest BCUT2D eigenvalue weighted by Crippen LogP contribution is -2.43. The quantitative estimate of drug-likeness (QED) is 0.269. The summed E-state index contributed by atoms with van der Waals surface area (Å²) in [6.07, 6.45) is -1.68. The van der Waals surface area contributed by atoms with E-state index < -0.39 is 23.4 Å². The molecule has 0 aliphatic heterocycles. The van der Waals surface area contributed by atoms with E-state index >= 15 is 0 Å². The van der Waals surface area contributed by atoms with Crippen molar-refractivity contribution in [2.45, 2.75) is 59.3 Å². The Morgan fingerprint density at radius 3 is 1.95 bits per heavy atom. The van der Waals surface area contributed by atoms with Gasteiger partial charge in [-0.3, -0.25) is 0 Å². The van der Waals surface area contributed by atoms with Gasteiger partial charge in [-0.25, -0.2) is 19.5 Å². The van der Waals surface area contributed by atoms with Gasteiger partial charge in [0.05, 0.1) is 18.7 Å². The molecule has 1 heterocycles. The van der Waals surface area contributed by atoms with Gasteiger partial charge in [-0.05, 0) is 83.5 Å². The van der Waals surface area contributed by atoms with Gasteiger partial charge in [0.25, 0.3) is 0 Å². The van der Waals surface area contributed by atoms with E-state index in [1.54, 1.807) is 91.1 Å². The first-order valence-electron chi connectivity index (χ1n) is 12.7. The predicted molar refractivity (Wildman–Crippen MR) is 153 cm³/mol. The molecule has 0 saturated heterocycles. The number of rotatable bonds is 8. The van der Waals surface area contributed by atoms with Crippen molar-refractivity contribution in [2.24, 2.45) is 0 Å². The van der Waals surface area contributed by atoms with Crippen molar-refractivity contribution in [1.29, 1.82) is 0 Å². The smallest absolute Gasteiger partial charge is 0.420 e. The number of halogens is 1. The van der Waals surface area contributed by atoms with Crippen molar-refractivity contribution in [3.63, 3.8) is 0 Å². The first-order chi connectivity index (χ1) is 19.2. The molecule has 0 fully saturated rings. The Hall–Kier alpha value is -3.96. The maximum Gasteiger partial charge on any atom is 0.420 e. The van der Waals surface area contributed by atoms with Gasteiger partial charge in [-0.15, -0.1) is 0 Å². The maximum atomic E-state index is 13.0. The molecule has 0 unspecified atom stereocenters. The number of hydrogen-bond acceptors (Lipinski definition) is 10. The van der Waals surface area contributed by atoms with E-state index in [-0.39, 0.29) is 25.2 Å². The summed E-state index contributed by atoms with van der Waals surface area (Å²) in [6, 6.07) is 12.2. The zero-order chi connectivity index (χ0) is 30.4. The van der Waals surface area contributed by atoms with Crippen LogP contribution >= 0.6 is 11.6 Å². The molecule has 1 aromatic heterocycles. The molecule has 12 heteroatoms. The number of hydrogen-bond donors (Lipinski definition) is 0. The molecule has 0 aliphatic carbocycles. The van der Waals surface area contributed by atoms with Crippen LogP contribution in [0, 0.1) is 0 Å². The summed E-state index contributed by atoms with van der Waals surface area (Å²) >= 11 is 6.56. The van der Waals surface area contributed by atoms with E-state index in [4.69, 9.17) is 35.3 Å². The van der Waals surface area contributed by atoms with Crippen LogP contribution in [0.15, 0.2) is 42.5 Å². The summed E-state index contributed by atoms with van der Waals surface area (Å²) in [6.45, 7) is 10.3. The van der Waals surface area contributed by atoms with Gasteiger partial charge in [-0.1, -0.05) is 17.7 Å². The average molecular weight is 587 g/mol. The highest BCUT2D eigenvalue weighted by Crippen LogP contribution is 2.30. The summed E-state index contributed by atoms with van der Waals surface area (Å²) in [4.78, 5) is 40.3. The molecule has 2 amide bonds. The molecule has 0 spiro atoms. The maximum absolute atomic E-state index is 13.0. The highest BCUT2D eigenvalue weighted by atomic mass is 35.5. The number of aromatic nitrogens is 3. The molecule has 220 valence electrons. The Balaban J connectivity index is 1.99. The van der Waals surface area contributed by atoms with Crippen LogP contribution in [0.5, 0.6) is 11.8 Å². The number of ether oxygens (including phenoxy) is 5. The highest BCUT2D eigenvalue weighted by molar-refractivity contribution is 6.33. The topological polar surface area (TPSA) is 122 Å². The molecular weight excluding hydrogens is 552 g/mol. The molecule has 0 radical (unpaired) electrons. The van der Waals surface area contributed by atoms with Gasteiger partial charge in [0.15, 0.2) is 18.4 Å². The van der Waals surface area contributed by atoms with Gasteiger partial charge >= 0.3 is 18.2 Å². The van der Waals surface area contributed by atoms with Crippen LogP contribution in [0.2, 0.25) is 5.02 Å². The van der Waals surface area contributed by atoms with Crippen molar-refractivity contribution < 1.29 is 33.3 Å². The molecule has 3 aromatic rings. The minimum Gasteiger partial charge on any atom is -0.468 e. The minimum atomic E-state index is -0.842. The van der Waals surface area contributed by atoms with E-state index in [0.717, 1.165) is 4.90 Å². The van der Waals surface area contributed by atoms with Crippen molar-refractivity contribution in [1.82, 2.24) is 19.9 Å². The van der Waals surface area contributed by atoms with Gasteiger partial charge < -0.3 is 23.7 Å². The van der Waals surface area contributed by atoms with Gasteiger partial charge in [0, 0.05) is 18.2 Å². The molecule has 41 heavy (non-hydrogen) atoms. The Morgan fingerprint density at radius 2 is 1.41 bits per heavy atom. The third-order valence-electron chi connectivity index (χ3n) is 5.09. The second kappa shape index (κ2) is 13.1. The van der Waals surface area contributed by atoms with E-state index in [2.05, 4.69) is 15.0 Å². The molecule has 0 aliphatic rings. The van der Waals surface area contributed by atoms with Crippen LogP contribution < -0.4 is 9.47 Å². The second-order valence-corrected chi connectivity index (χ2v) is 11.3. The number of methoxy groups -OCH3 is 2. The fourth-order valence-corrected chi connectivity index (χ4v) is 3.59. The number of imide groups is 1. The normalized spacial score (nSPS) is 11.5. The van der Waals surface area contributed by atoms with Crippen LogP contribution in [0.4, 0.5) is 9.59 Å². The lowest BCUT2D eigenvalue weighted by Gasteiger charge is -2.28. The Bertz CT molecular complexity index is 1340. The average Bonchev–Trinajstić information content (AvgIpc) is 2.89. The third-order valence-corrected chi connectivity index (χ3v) is 5.42. The number of benzene rings is 2. The Morgan fingerprint density at radius 1 is 0.829 bits per heavy atom. The lowest BCUT2D eigenvalue weighted by molar-refractivity contribution is -0.000257. The largest absolute Gasteiger partial charge is 0.468 e. The first-order valence-corrected chi connectivity index (χ1v) is 13.1. The highest BCUT2D eigenvalue weighted by Gasteiger charge is 2.31. The monoisotopic (exact) mass is 586 g/mol. The van der Waals surface area contributed by atoms with E-state index in [0.29, 0.717) is 33.3 Å². The summed E-state index contributed by atoms with van der Waals surface area (Å²) < 4.78 is 26.6. The van der Waals surface area contributed by atoms with Crippen LogP contribution in [-0.4, -0.2) is 64.3 Å². The second-order valence-electron chi connectivity index (χ2n) is 10.9. The molecular formula is C29H35ClN4O7. The zero-order valence-corrected chi connectivity index (χ0v) is 25.2. The minimum absolute atomic E-state index is 0.0790. The molecule has 11 nitrogen and oxygen atoms in total.